The molecule has 1 saturated carbocycles. The lowest BCUT2D eigenvalue weighted by molar-refractivity contribution is -0.121. The average Bonchev–Trinajstić information content (AvgIpc) is 3.14. The van der Waals surface area contributed by atoms with Crippen LogP contribution in [0.1, 0.15) is 44.1 Å². The lowest BCUT2D eigenvalue weighted by Gasteiger charge is -2.32. The van der Waals surface area contributed by atoms with Gasteiger partial charge in [-0.1, -0.05) is 32.1 Å². The van der Waals surface area contributed by atoms with Crippen molar-refractivity contribution in [2.24, 2.45) is 11.8 Å². The van der Waals surface area contributed by atoms with E-state index in [0.29, 0.717) is 23.7 Å². The predicted octanol–water partition coefficient (Wildman–Crippen LogP) is 2.88. The van der Waals surface area contributed by atoms with Crippen molar-refractivity contribution in [3.63, 3.8) is 0 Å². The van der Waals surface area contributed by atoms with Crippen LogP contribution < -0.4 is 10.8 Å². The number of amidine groups is 1. The molecule has 2 fully saturated rings. The summed E-state index contributed by atoms with van der Waals surface area (Å²) in [5.41, 5.74) is 2.78. The van der Waals surface area contributed by atoms with Crippen LogP contribution in [0.25, 0.3) is 0 Å². The number of nitrogens with zero attached hydrogens (tertiary/aromatic N) is 1. The second-order valence-electron chi connectivity index (χ2n) is 7.32. The molecular weight excluding hydrogens is 348 g/mol. The van der Waals surface area contributed by atoms with E-state index >= 15 is 0 Å². The molecule has 2 aliphatic rings. The van der Waals surface area contributed by atoms with Crippen LogP contribution in [0.3, 0.4) is 0 Å². The molecule has 2 amide bonds. The van der Waals surface area contributed by atoms with Crippen LogP contribution >= 0.6 is 0 Å². The molecule has 8 heteroatoms. The number of amides is 2. The number of carbonyl (C=O) groups excluding carboxylic acids is 1. The van der Waals surface area contributed by atoms with Crippen molar-refractivity contribution < 1.29 is 19.9 Å². The minimum atomic E-state index is -1.05. The molecule has 0 aromatic heterocycles. The van der Waals surface area contributed by atoms with Crippen molar-refractivity contribution >= 4 is 23.5 Å². The molecule has 2 atom stereocenters. The first-order valence-corrected chi connectivity index (χ1v) is 9.40. The number of hydrogen-bond acceptors (Lipinski definition) is 4. The molecule has 27 heavy (non-hydrogen) atoms. The summed E-state index contributed by atoms with van der Waals surface area (Å²) in [5.74, 6) is 0.0245. The number of hydrogen-bond donors (Lipinski definition) is 5. The molecule has 0 spiro atoms. The van der Waals surface area contributed by atoms with Gasteiger partial charge in [-0.25, -0.2) is 4.79 Å². The third-order valence-corrected chi connectivity index (χ3v) is 5.77. The lowest BCUT2D eigenvalue weighted by atomic mass is 9.76. The molecule has 5 N–H and O–H groups in total. The maximum absolute atomic E-state index is 12.9. The van der Waals surface area contributed by atoms with Gasteiger partial charge in [-0.15, -0.1) is 0 Å². The standard InChI is InChI=1S/C19H26N4O4/c20-17(22-27)13-6-8-14(9-7-13)21-18(24)16-15(10-11-23(16)19(25)26)12-4-2-1-3-5-12/h6-9,12,15-16,27H,1-5,10-11H2,(H2,20,22)(H,21,24)(H,25,26)/t15-,16-/m0/s1. The number of carboxylic acid groups (broad SMARTS) is 1. The fourth-order valence-electron chi connectivity index (χ4n) is 4.42. The fourth-order valence-corrected chi connectivity index (χ4v) is 4.42. The number of rotatable bonds is 4. The van der Waals surface area contributed by atoms with E-state index in [2.05, 4.69) is 5.32 Å². The smallest absolute Gasteiger partial charge is 0.407 e. The van der Waals surface area contributed by atoms with E-state index in [-0.39, 0.29) is 17.7 Å². The van der Waals surface area contributed by atoms with Crippen molar-refractivity contribution in [1.29, 1.82) is 5.41 Å². The zero-order chi connectivity index (χ0) is 19.4. The Morgan fingerprint density at radius 3 is 2.33 bits per heavy atom. The van der Waals surface area contributed by atoms with Gasteiger partial charge in [0.05, 0.1) is 0 Å². The van der Waals surface area contributed by atoms with Gasteiger partial charge in [0, 0.05) is 17.8 Å². The Morgan fingerprint density at radius 2 is 1.74 bits per heavy atom. The molecule has 0 radical (unpaired) electrons. The van der Waals surface area contributed by atoms with Gasteiger partial charge >= 0.3 is 6.09 Å². The van der Waals surface area contributed by atoms with Crippen LogP contribution in [-0.4, -0.2) is 45.6 Å². The van der Waals surface area contributed by atoms with Gasteiger partial charge in [0.15, 0.2) is 0 Å². The SMILES string of the molecule is N=C(NO)c1ccc(NC(=O)[C@@H]2[C@H](C3CCCCC3)CCN2C(=O)O)cc1. The fraction of sp³-hybridized carbons (Fsp3) is 0.526. The normalized spacial score (nSPS) is 23.1. The molecule has 1 aliphatic heterocycles. The Kier molecular flexibility index (Phi) is 5.95. The monoisotopic (exact) mass is 374 g/mol. The predicted molar refractivity (Wildman–Crippen MR) is 100 cm³/mol. The van der Waals surface area contributed by atoms with Crippen LogP contribution in [0.15, 0.2) is 24.3 Å². The number of hydroxylamine groups is 1. The van der Waals surface area contributed by atoms with E-state index in [1.807, 2.05) is 0 Å². The number of anilines is 1. The molecule has 1 saturated heterocycles. The van der Waals surface area contributed by atoms with Crippen LogP contribution in [0.2, 0.25) is 0 Å². The van der Waals surface area contributed by atoms with E-state index < -0.39 is 12.1 Å². The maximum Gasteiger partial charge on any atom is 0.407 e. The van der Waals surface area contributed by atoms with Gasteiger partial charge < -0.3 is 10.4 Å². The first-order valence-electron chi connectivity index (χ1n) is 9.40. The quantitative estimate of drug-likeness (QED) is 0.315. The maximum atomic E-state index is 12.9. The summed E-state index contributed by atoms with van der Waals surface area (Å²) in [7, 11) is 0. The van der Waals surface area contributed by atoms with E-state index in [1.165, 1.54) is 11.3 Å². The van der Waals surface area contributed by atoms with Crippen molar-refractivity contribution in [3.8, 4) is 0 Å². The summed E-state index contributed by atoms with van der Waals surface area (Å²) >= 11 is 0. The first kappa shape index (κ1) is 19.2. The zero-order valence-corrected chi connectivity index (χ0v) is 15.1. The molecule has 146 valence electrons. The molecular formula is C19H26N4O4. The minimum Gasteiger partial charge on any atom is -0.465 e. The van der Waals surface area contributed by atoms with E-state index in [0.717, 1.165) is 32.1 Å². The third kappa shape index (κ3) is 4.21. The highest BCUT2D eigenvalue weighted by atomic mass is 16.5. The molecule has 1 aromatic rings. The summed E-state index contributed by atoms with van der Waals surface area (Å²) in [6, 6.07) is 5.80. The summed E-state index contributed by atoms with van der Waals surface area (Å²) in [6.45, 7) is 0.396. The molecule has 0 unspecified atom stereocenters. The van der Waals surface area contributed by atoms with Gasteiger partial charge in [-0.05, 0) is 42.5 Å². The van der Waals surface area contributed by atoms with Gasteiger partial charge in [-0.2, -0.15) is 0 Å². The van der Waals surface area contributed by atoms with Crippen LogP contribution in [0, 0.1) is 17.2 Å². The van der Waals surface area contributed by atoms with Crippen molar-refractivity contribution in [2.75, 3.05) is 11.9 Å². The van der Waals surface area contributed by atoms with E-state index in [9.17, 15) is 14.7 Å². The summed E-state index contributed by atoms with van der Waals surface area (Å²) in [4.78, 5) is 25.9. The van der Waals surface area contributed by atoms with E-state index in [4.69, 9.17) is 10.6 Å². The highest BCUT2D eigenvalue weighted by Crippen LogP contribution is 2.39. The zero-order valence-electron chi connectivity index (χ0n) is 15.1. The average molecular weight is 374 g/mol. The Bertz CT molecular complexity index is 700. The van der Waals surface area contributed by atoms with Gasteiger partial charge in [0.25, 0.3) is 0 Å². The Labute approximate surface area is 158 Å². The van der Waals surface area contributed by atoms with Crippen LogP contribution in [0.5, 0.6) is 0 Å². The number of benzene rings is 1. The molecule has 8 nitrogen and oxygen atoms in total. The van der Waals surface area contributed by atoms with Crippen molar-refractivity contribution in [1.82, 2.24) is 10.4 Å². The van der Waals surface area contributed by atoms with Crippen LogP contribution in [-0.2, 0) is 4.79 Å². The van der Waals surface area contributed by atoms with Gasteiger partial charge in [-0.3, -0.25) is 25.8 Å². The second kappa shape index (κ2) is 8.39. The summed E-state index contributed by atoms with van der Waals surface area (Å²) in [6.07, 6.45) is 5.31. The number of nitrogens with one attached hydrogen (secondary N) is 3. The van der Waals surface area contributed by atoms with Gasteiger partial charge in [0.2, 0.25) is 5.91 Å². The van der Waals surface area contributed by atoms with Crippen molar-refractivity contribution in [3.05, 3.63) is 29.8 Å². The third-order valence-electron chi connectivity index (χ3n) is 5.77. The second-order valence-corrected chi connectivity index (χ2v) is 7.32. The molecule has 1 heterocycles. The first-order chi connectivity index (χ1) is 13.0. The Morgan fingerprint density at radius 1 is 1.07 bits per heavy atom. The largest absolute Gasteiger partial charge is 0.465 e. The van der Waals surface area contributed by atoms with Gasteiger partial charge in [0.1, 0.15) is 11.9 Å². The highest BCUT2D eigenvalue weighted by molar-refractivity contribution is 5.98. The molecule has 3 rings (SSSR count). The Hall–Kier alpha value is -2.61. The lowest BCUT2D eigenvalue weighted by Crippen LogP contribution is -2.47. The molecule has 1 aliphatic carbocycles. The van der Waals surface area contributed by atoms with Crippen LogP contribution in [0.4, 0.5) is 10.5 Å². The topological polar surface area (TPSA) is 126 Å². The number of carbonyl (C=O) groups is 2. The van der Waals surface area contributed by atoms with E-state index in [1.54, 1.807) is 29.7 Å². The summed E-state index contributed by atoms with van der Waals surface area (Å²) < 4.78 is 0. The number of likely N-dealkylation sites (tertiary alicyclic amines) is 1. The highest BCUT2D eigenvalue weighted by Gasteiger charge is 2.45. The molecule has 1 aromatic carbocycles. The van der Waals surface area contributed by atoms with Crippen molar-refractivity contribution in [2.45, 2.75) is 44.6 Å². The Balaban J connectivity index is 1.74. The summed E-state index contributed by atoms with van der Waals surface area (Å²) in [5, 5.41) is 28.7. The molecule has 0 bridgehead atoms. The minimum absolute atomic E-state index is 0.0624.